The molecule has 9 atom stereocenters. The van der Waals surface area contributed by atoms with Crippen molar-refractivity contribution in [2.45, 2.75) is 93.4 Å². The van der Waals surface area contributed by atoms with Crippen molar-refractivity contribution in [3.05, 3.63) is 0 Å². The number of piperidine rings is 2. The van der Waals surface area contributed by atoms with Gasteiger partial charge in [-0.25, -0.2) is 0 Å². The topological polar surface area (TPSA) is 120 Å². The molecule has 8 unspecified atom stereocenters. The second-order valence-corrected chi connectivity index (χ2v) is 14.0. The van der Waals surface area contributed by atoms with Crippen LogP contribution in [0.25, 0.3) is 0 Å². The van der Waals surface area contributed by atoms with Gasteiger partial charge < -0.3 is 29.5 Å². The van der Waals surface area contributed by atoms with E-state index in [9.17, 15) is 9.90 Å². The van der Waals surface area contributed by atoms with Crippen molar-refractivity contribution >= 4 is 17.5 Å². The molecule has 0 spiro atoms. The standard InChI is InChI=1S/C30H53ClN6O5/c31-29-25-6-7-36(16-20(25)4-5-26(29)41-18-24-15-32-19-42-24)17-23(38)14-33-30(39)21-12-27(34-22-2-1-3-22)35-28(13-21)37-8-10-40-11-9-37/h20-29,32,34-35,38H,1-19H2,(H,33,39)/t20?,21?,23-,24?,25?,26?,27?,28?,29?/m0/s1. The highest BCUT2D eigenvalue weighted by Crippen LogP contribution is 2.40. The predicted molar refractivity (Wildman–Crippen MR) is 160 cm³/mol. The predicted octanol–water partition coefficient (Wildman–Crippen LogP) is 0.260. The summed E-state index contributed by atoms with van der Waals surface area (Å²) in [6.45, 7) is 8.06. The summed E-state index contributed by atoms with van der Waals surface area (Å²) in [6.07, 6.45) is 8.31. The molecule has 2 aliphatic carbocycles. The van der Waals surface area contributed by atoms with Crippen molar-refractivity contribution in [2.24, 2.45) is 17.8 Å². The number of hydrogen-bond acceptors (Lipinski definition) is 10. The molecule has 6 fully saturated rings. The van der Waals surface area contributed by atoms with Crippen LogP contribution in [0.1, 0.15) is 51.4 Å². The van der Waals surface area contributed by atoms with Gasteiger partial charge in [0.1, 0.15) is 0 Å². The molecule has 4 heterocycles. The zero-order valence-electron chi connectivity index (χ0n) is 25.1. The molecule has 240 valence electrons. The molecule has 4 aliphatic heterocycles. The number of rotatable bonds is 11. The molecule has 0 bridgehead atoms. The number of aliphatic hydroxyl groups is 1. The van der Waals surface area contributed by atoms with Gasteiger partial charge in [-0.2, -0.15) is 0 Å². The van der Waals surface area contributed by atoms with Gasteiger partial charge in [-0.1, -0.05) is 6.42 Å². The molecule has 2 saturated carbocycles. The van der Waals surface area contributed by atoms with Crippen molar-refractivity contribution in [3.8, 4) is 0 Å². The SMILES string of the molecule is O=C(NC[C@H](O)CN1CCC2C(CCC(OCC3CNCO3)C2Cl)C1)C1CC(NC2CCC2)NC(N2CCOCC2)C1. The van der Waals surface area contributed by atoms with E-state index in [0.717, 1.165) is 78.0 Å². The minimum Gasteiger partial charge on any atom is -0.390 e. The first-order chi connectivity index (χ1) is 20.5. The summed E-state index contributed by atoms with van der Waals surface area (Å²) in [6, 6.07) is 0.557. The lowest BCUT2D eigenvalue weighted by Crippen LogP contribution is -2.63. The van der Waals surface area contributed by atoms with Gasteiger partial charge in [-0.3, -0.25) is 25.6 Å². The van der Waals surface area contributed by atoms with Gasteiger partial charge in [0.25, 0.3) is 0 Å². The third-order valence-electron chi connectivity index (χ3n) is 10.6. The first-order valence-electron chi connectivity index (χ1n) is 16.6. The van der Waals surface area contributed by atoms with E-state index in [1.54, 1.807) is 0 Å². The number of nitrogens with zero attached hydrogens (tertiary/aromatic N) is 2. The Bertz CT molecular complexity index is 860. The molecule has 42 heavy (non-hydrogen) atoms. The van der Waals surface area contributed by atoms with Crippen LogP contribution in [0.15, 0.2) is 0 Å². The maximum absolute atomic E-state index is 13.4. The van der Waals surface area contributed by atoms with Crippen molar-refractivity contribution in [1.82, 2.24) is 31.1 Å². The average Bonchev–Trinajstić information content (AvgIpc) is 3.51. The van der Waals surface area contributed by atoms with Crippen molar-refractivity contribution in [2.75, 3.05) is 72.4 Å². The lowest BCUT2D eigenvalue weighted by atomic mass is 9.73. The van der Waals surface area contributed by atoms with Crippen LogP contribution in [0, 0.1) is 17.8 Å². The van der Waals surface area contributed by atoms with Crippen LogP contribution in [-0.4, -0.2) is 135 Å². The van der Waals surface area contributed by atoms with Crippen LogP contribution in [0.3, 0.4) is 0 Å². The fraction of sp³-hybridized carbons (Fsp3) is 0.967. The Hall–Kier alpha value is -0.600. The third-order valence-corrected chi connectivity index (χ3v) is 11.2. The van der Waals surface area contributed by atoms with Gasteiger partial charge in [0.05, 0.1) is 62.6 Å². The number of alkyl halides is 1. The molecule has 0 radical (unpaired) electrons. The summed E-state index contributed by atoms with van der Waals surface area (Å²) in [5, 5.41) is 24.8. The van der Waals surface area contributed by atoms with E-state index in [-0.39, 0.29) is 41.7 Å². The van der Waals surface area contributed by atoms with E-state index in [2.05, 4.69) is 31.1 Å². The Kier molecular flexibility index (Phi) is 11.3. The Morgan fingerprint density at radius 2 is 1.98 bits per heavy atom. The third kappa shape index (κ3) is 8.16. The fourth-order valence-electron chi connectivity index (χ4n) is 7.88. The normalized spacial score (nSPS) is 39.4. The monoisotopic (exact) mass is 612 g/mol. The molecule has 11 nitrogen and oxygen atoms in total. The summed E-state index contributed by atoms with van der Waals surface area (Å²) < 4.78 is 17.4. The van der Waals surface area contributed by atoms with E-state index >= 15 is 0 Å². The zero-order chi connectivity index (χ0) is 28.9. The molecule has 0 aromatic heterocycles. The maximum atomic E-state index is 13.4. The maximum Gasteiger partial charge on any atom is 0.223 e. The van der Waals surface area contributed by atoms with Crippen molar-refractivity contribution in [1.29, 1.82) is 0 Å². The summed E-state index contributed by atoms with van der Waals surface area (Å²) in [4.78, 5) is 18.1. The van der Waals surface area contributed by atoms with E-state index in [1.807, 2.05) is 0 Å². The first kappa shape index (κ1) is 31.4. The number of amides is 1. The number of fused-ring (bicyclic) bond motifs is 1. The van der Waals surface area contributed by atoms with Gasteiger partial charge in [0, 0.05) is 51.2 Å². The number of morpholine rings is 1. The van der Waals surface area contributed by atoms with Gasteiger partial charge in [0.2, 0.25) is 5.91 Å². The second kappa shape index (κ2) is 15.1. The number of hydrogen-bond donors (Lipinski definition) is 5. The number of carbonyl (C=O) groups excluding carboxylic acids is 1. The molecular formula is C30H53ClN6O5. The first-order valence-corrected chi connectivity index (χ1v) is 17.1. The minimum absolute atomic E-state index is 0.0263. The highest BCUT2D eigenvalue weighted by Gasteiger charge is 2.42. The smallest absolute Gasteiger partial charge is 0.223 e. The summed E-state index contributed by atoms with van der Waals surface area (Å²) in [7, 11) is 0. The number of halogens is 1. The lowest BCUT2D eigenvalue weighted by Gasteiger charge is -2.46. The van der Waals surface area contributed by atoms with Crippen LogP contribution >= 0.6 is 11.6 Å². The minimum atomic E-state index is -0.586. The van der Waals surface area contributed by atoms with Gasteiger partial charge >= 0.3 is 0 Å². The van der Waals surface area contributed by atoms with E-state index in [1.165, 1.54) is 19.3 Å². The lowest BCUT2D eigenvalue weighted by molar-refractivity contribution is -0.128. The number of likely N-dealkylation sites (tertiary alicyclic amines) is 1. The highest BCUT2D eigenvalue weighted by atomic mass is 35.5. The summed E-state index contributed by atoms with van der Waals surface area (Å²) in [5.74, 6) is 0.963. The summed E-state index contributed by atoms with van der Waals surface area (Å²) >= 11 is 6.95. The van der Waals surface area contributed by atoms with Crippen molar-refractivity contribution < 1.29 is 24.1 Å². The Morgan fingerprint density at radius 1 is 1.12 bits per heavy atom. The van der Waals surface area contributed by atoms with Gasteiger partial charge in [0.15, 0.2) is 0 Å². The number of β-amino-alcohol motifs (C(OH)–C–C–N with tert-alkyl or cyclic N) is 1. The zero-order valence-corrected chi connectivity index (χ0v) is 25.8. The number of aliphatic hydroxyl groups excluding tert-OH is 1. The average molecular weight is 613 g/mol. The van der Waals surface area contributed by atoms with E-state index in [4.69, 9.17) is 25.8 Å². The fourth-order valence-corrected chi connectivity index (χ4v) is 8.41. The van der Waals surface area contributed by atoms with E-state index in [0.29, 0.717) is 44.3 Å². The molecule has 6 rings (SSSR count). The van der Waals surface area contributed by atoms with E-state index < -0.39 is 6.10 Å². The Balaban J connectivity index is 0.931. The molecule has 12 heteroatoms. The quantitative estimate of drug-likeness (QED) is 0.208. The molecule has 4 saturated heterocycles. The molecular weight excluding hydrogens is 560 g/mol. The van der Waals surface area contributed by atoms with Crippen LogP contribution in [0.5, 0.6) is 0 Å². The molecule has 0 aromatic rings. The number of carbonyl (C=O) groups is 1. The second-order valence-electron chi connectivity index (χ2n) is 13.5. The van der Waals surface area contributed by atoms with Crippen LogP contribution in [0.2, 0.25) is 0 Å². The summed E-state index contributed by atoms with van der Waals surface area (Å²) in [5.41, 5.74) is 0. The van der Waals surface area contributed by atoms with Crippen LogP contribution in [0.4, 0.5) is 0 Å². The number of nitrogens with one attached hydrogen (secondary N) is 4. The van der Waals surface area contributed by atoms with Gasteiger partial charge in [-0.05, 0) is 63.3 Å². The highest BCUT2D eigenvalue weighted by molar-refractivity contribution is 6.21. The Morgan fingerprint density at radius 3 is 2.74 bits per heavy atom. The van der Waals surface area contributed by atoms with Crippen LogP contribution in [-0.2, 0) is 19.0 Å². The molecule has 1 amide bonds. The van der Waals surface area contributed by atoms with Gasteiger partial charge in [-0.15, -0.1) is 11.6 Å². The number of ether oxygens (including phenoxy) is 3. The van der Waals surface area contributed by atoms with Crippen LogP contribution < -0.4 is 21.3 Å². The Labute approximate surface area is 256 Å². The largest absolute Gasteiger partial charge is 0.390 e. The molecule has 5 N–H and O–H groups in total. The molecule has 0 aromatic carbocycles. The van der Waals surface area contributed by atoms with Crippen molar-refractivity contribution in [3.63, 3.8) is 0 Å². The molecule has 6 aliphatic rings.